The maximum absolute atomic E-state index is 11.8. The molecule has 128 valence electrons. The molecule has 0 fully saturated rings. The van der Waals surface area contributed by atoms with Crippen LogP contribution in [-0.2, 0) is 16.5 Å². The molecule has 0 aliphatic carbocycles. The zero-order valence-electron chi connectivity index (χ0n) is 13.8. The van der Waals surface area contributed by atoms with Crippen LogP contribution in [0.25, 0.3) is 0 Å². The summed E-state index contributed by atoms with van der Waals surface area (Å²) in [7, 11) is 0. The number of hydrogen-bond acceptors (Lipinski definition) is 4. The van der Waals surface area contributed by atoms with Crippen LogP contribution in [0.1, 0.15) is 28.7 Å². The fraction of sp³-hybridized carbons (Fsp3) is 0.263. The van der Waals surface area contributed by atoms with Gasteiger partial charge in [0.05, 0.1) is 0 Å². The van der Waals surface area contributed by atoms with Crippen molar-refractivity contribution in [3.8, 4) is 11.5 Å². The van der Waals surface area contributed by atoms with Crippen molar-refractivity contribution in [3.63, 3.8) is 0 Å². The summed E-state index contributed by atoms with van der Waals surface area (Å²) in [5.74, 6) is 0.0494. The number of para-hydroxylation sites is 2. The summed E-state index contributed by atoms with van der Waals surface area (Å²) in [5.41, 5.74) is 2.68. The third-order valence-electron chi connectivity index (χ3n) is 3.52. The second-order valence-corrected chi connectivity index (χ2v) is 5.41. The molecule has 0 spiro atoms. The van der Waals surface area contributed by atoms with Gasteiger partial charge in [0.15, 0.2) is 0 Å². The molecule has 2 rings (SSSR count). The van der Waals surface area contributed by atoms with Crippen LogP contribution in [0, 0.1) is 13.8 Å². The van der Waals surface area contributed by atoms with Gasteiger partial charge >= 0.3 is 16.5 Å². The zero-order valence-corrected chi connectivity index (χ0v) is 14.8. The van der Waals surface area contributed by atoms with Crippen LogP contribution in [0.3, 0.4) is 0 Å². The van der Waals surface area contributed by atoms with E-state index in [9.17, 15) is 10.2 Å². The maximum atomic E-state index is 11.8. The fourth-order valence-electron chi connectivity index (χ4n) is 2.13. The first kappa shape index (κ1) is 19.9. The molecule has 4 nitrogen and oxygen atoms in total. The van der Waals surface area contributed by atoms with Gasteiger partial charge in [0.1, 0.15) is 0 Å². The van der Waals surface area contributed by atoms with Gasteiger partial charge in [-0.1, -0.05) is 59.0 Å². The predicted molar refractivity (Wildman–Crippen MR) is 90.8 cm³/mol. The van der Waals surface area contributed by atoms with Gasteiger partial charge in [-0.05, 0) is 31.4 Å². The summed E-state index contributed by atoms with van der Waals surface area (Å²) in [5, 5.41) is 23.6. The zero-order chi connectivity index (χ0) is 16.7. The summed E-state index contributed by atoms with van der Waals surface area (Å²) in [6.07, 6.45) is 4.01. The summed E-state index contributed by atoms with van der Waals surface area (Å²) in [6, 6.07) is 10.8. The molecule has 0 N–H and O–H groups in total. The van der Waals surface area contributed by atoms with Gasteiger partial charge in [0.2, 0.25) is 0 Å². The summed E-state index contributed by atoms with van der Waals surface area (Å²) in [6.45, 7) is 4.79. The number of benzene rings is 2. The largest absolute Gasteiger partial charge is 2.00 e. The molecule has 0 amide bonds. The van der Waals surface area contributed by atoms with Crippen LogP contribution >= 0.6 is 0 Å². The minimum atomic E-state index is 0. The van der Waals surface area contributed by atoms with Crippen molar-refractivity contribution in [2.75, 3.05) is 13.1 Å². The van der Waals surface area contributed by atoms with E-state index in [4.69, 9.17) is 0 Å². The van der Waals surface area contributed by atoms with Gasteiger partial charge in [-0.3, -0.25) is 9.98 Å². The summed E-state index contributed by atoms with van der Waals surface area (Å²) >= 11 is 0. The Kier molecular flexibility index (Phi) is 8.21. The van der Waals surface area contributed by atoms with Crippen LogP contribution in [0.4, 0.5) is 0 Å². The number of hydrogen-bond donors (Lipinski definition) is 0. The molecular weight excluding hydrogens is 347 g/mol. The number of nitrogens with zero attached hydrogens (tertiary/aromatic N) is 2. The van der Waals surface area contributed by atoms with Crippen molar-refractivity contribution in [2.24, 2.45) is 9.98 Å². The Labute approximate surface area is 152 Å². The van der Waals surface area contributed by atoms with Gasteiger partial charge in [0, 0.05) is 25.5 Å². The first-order valence-corrected chi connectivity index (χ1v) is 7.62. The molecule has 0 radical (unpaired) electrons. The van der Waals surface area contributed by atoms with Crippen molar-refractivity contribution < 1.29 is 26.7 Å². The van der Waals surface area contributed by atoms with E-state index in [0.717, 1.165) is 17.5 Å². The van der Waals surface area contributed by atoms with Crippen molar-refractivity contribution in [3.05, 3.63) is 58.7 Å². The molecule has 2 aromatic rings. The second kappa shape index (κ2) is 9.89. The van der Waals surface area contributed by atoms with E-state index in [2.05, 4.69) is 9.98 Å². The smallest absolute Gasteiger partial charge is 0.872 e. The van der Waals surface area contributed by atoms with E-state index >= 15 is 0 Å². The first-order chi connectivity index (χ1) is 11.1. The van der Waals surface area contributed by atoms with E-state index < -0.39 is 0 Å². The van der Waals surface area contributed by atoms with Crippen molar-refractivity contribution in [1.82, 2.24) is 0 Å². The Morgan fingerprint density at radius 2 is 1.21 bits per heavy atom. The monoisotopic (exact) mass is 366 g/mol. The van der Waals surface area contributed by atoms with Crippen LogP contribution in [-0.4, -0.2) is 25.5 Å². The Morgan fingerprint density at radius 3 is 1.62 bits per heavy atom. The molecule has 0 heterocycles. The molecule has 0 aliphatic rings. The molecule has 5 heteroatoms. The van der Waals surface area contributed by atoms with Crippen LogP contribution in [0.15, 0.2) is 46.4 Å². The molecule has 0 aliphatic heterocycles. The van der Waals surface area contributed by atoms with Crippen molar-refractivity contribution in [1.29, 1.82) is 0 Å². The minimum Gasteiger partial charge on any atom is -0.872 e. The summed E-state index contributed by atoms with van der Waals surface area (Å²) < 4.78 is 0. The van der Waals surface area contributed by atoms with E-state index in [1.54, 1.807) is 50.5 Å². The molecule has 0 bridgehead atoms. The van der Waals surface area contributed by atoms with Gasteiger partial charge in [-0.15, -0.1) is 0 Å². The van der Waals surface area contributed by atoms with Gasteiger partial charge in [0.25, 0.3) is 0 Å². The van der Waals surface area contributed by atoms with Gasteiger partial charge < -0.3 is 10.2 Å². The topological polar surface area (TPSA) is 70.8 Å². The van der Waals surface area contributed by atoms with E-state index in [-0.39, 0.29) is 28.0 Å². The standard InChI is InChI=1S/C19H22N2O2.Ni/c1-14-6-3-8-16(18(14)22)12-20-10-5-11-21-13-17-9-4-7-15(2)19(17)23;/h3-4,6-9,12-13,22-23H,5,10-11H2,1-2H3;/q;+2/p-2. The molecule has 0 saturated heterocycles. The minimum absolute atomic E-state index is 0. The molecule has 2 aromatic carbocycles. The Bertz CT molecular complexity index is 666. The first-order valence-electron chi connectivity index (χ1n) is 7.62. The molecule has 0 atom stereocenters. The number of aryl methyl sites for hydroxylation is 2. The SMILES string of the molecule is Cc1cccc(C=NCCCN=Cc2cccc(C)c2[O-])c1[O-].[Ni+2]. The average molecular weight is 367 g/mol. The second-order valence-electron chi connectivity index (χ2n) is 5.41. The van der Waals surface area contributed by atoms with Crippen molar-refractivity contribution >= 4 is 12.4 Å². The fourth-order valence-corrected chi connectivity index (χ4v) is 2.13. The van der Waals surface area contributed by atoms with Crippen molar-refractivity contribution in [2.45, 2.75) is 20.3 Å². The van der Waals surface area contributed by atoms with Crippen LogP contribution < -0.4 is 10.2 Å². The van der Waals surface area contributed by atoms with Gasteiger partial charge in [-0.25, -0.2) is 0 Å². The Hall–Kier alpha value is -2.13. The summed E-state index contributed by atoms with van der Waals surface area (Å²) in [4.78, 5) is 8.52. The third kappa shape index (κ3) is 5.50. The Balaban J connectivity index is 0.00000288. The van der Waals surface area contributed by atoms with E-state index in [0.29, 0.717) is 24.2 Å². The molecule has 0 aromatic heterocycles. The van der Waals surface area contributed by atoms with Gasteiger partial charge in [-0.2, -0.15) is 0 Å². The van der Waals surface area contributed by atoms with Crippen LogP contribution in [0.2, 0.25) is 0 Å². The van der Waals surface area contributed by atoms with E-state index in [1.165, 1.54) is 0 Å². The molecular formula is C19H20N2NiO2. The predicted octanol–water partition coefficient (Wildman–Crippen LogP) is 2.38. The van der Waals surface area contributed by atoms with E-state index in [1.807, 2.05) is 12.1 Å². The maximum Gasteiger partial charge on any atom is 2.00 e. The average Bonchev–Trinajstić information content (AvgIpc) is 2.54. The third-order valence-corrected chi connectivity index (χ3v) is 3.52. The number of aliphatic imine (C=N–C) groups is 2. The molecule has 0 unspecified atom stereocenters. The molecule has 24 heavy (non-hydrogen) atoms. The quantitative estimate of drug-likeness (QED) is 0.447. The van der Waals surface area contributed by atoms with Crippen LogP contribution in [0.5, 0.6) is 11.5 Å². The molecule has 0 saturated carbocycles. The number of rotatable bonds is 6. The Morgan fingerprint density at radius 1 is 0.792 bits per heavy atom. The normalized spacial score (nSPS) is 11.1.